The van der Waals surface area contributed by atoms with Gasteiger partial charge in [0.2, 0.25) is 5.89 Å². The lowest BCUT2D eigenvalue weighted by Gasteiger charge is -2.18. The van der Waals surface area contributed by atoms with E-state index in [1.165, 1.54) is 0 Å². The van der Waals surface area contributed by atoms with E-state index in [4.69, 9.17) is 13.9 Å². The number of ether oxygens (including phenoxy) is 2. The van der Waals surface area contributed by atoms with Crippen molar-refractivity contribution >= 4 is 11.7 Å². The Kier molecular flexibility index (Phi) is 3.42. The van der Waals surface area contributed by atoms with Gasteiger partial charge in [-0.1, -0.05) is 5.10 Å². The standard InChI is InChI=1S/C13H16N4O3/c1-8(14-2)12-16-17-13(20-12)15-9-3-4-10-11(7-9)19-6-5-18-10/h3-4,7-8,14H,5-6H2,1-2H3,(H,15,17). The molecule has 2 heterocycles. The van der Waals surface area contributed by atoms with Gasteiger partial charge in [-0.15, -0.1) is 5.10 Å². The molecule has 1 aliphatic rings. The van der Waals surface area contributed by atoms with Crippen molar-refractivity contribution < 1.29 is 13.9 Å². The van der Waals surface area contributed by atoms with Gasteiger partial charge in [-0.05, 0) is 26.1 Å². The van der Waals surface area contributed by atoms with Gasteiger partial charge in [-0.25, -0.2) is 0 Å². The van der Waals surface area contributed by atoms with Crippen LogP contribution in [0.4, 0.5) is 11.7 Å². The van der Waals surface area contributed by atoms with E-state index < -0.39 is 0 Å². The van der Waals surface area contributed by atoms with E-state index in [1.807, 2.05) is 32.2 Å². The molecule has 1 unspecified atom stereocenters. The summed E-state index contributed by atoms with van der Waals surface area (Å²) in [7, 11) is 1.84. The molecule has 3 rings (SSSR count). The summed E-state index contributed by atoms with van der Waals surface area (Å²) in [5.74, 6) is 1.99. The van der Waals surface area contributed by atoms with E-state index in [0.29, 0.717) is 30.9 Å². The van der Waals surface area contributed by atoms with Crippen LogP contribution in [-0.2, 0) is 0 Å². The lowest BCUT2D eigenvalue weighted by molar-refractivity contribution is 0.171. The largest absolute Gasteiger partial charge is 0.486 e. The Morgan fingerprint density at radius 3 is 2.75 bits per heavy atom. The minimum atomic E-state index is 0.0123. The van der Waals surface area contributed by atoms with Gasteiger partial charge in [-0.2, -0.15) is 0 Å². The minimum Gasteiger partial charge on any atom is -0.486 e. The molecule has 0 saturated carbocycles. The van der Waals surface area contributed by atoms with Crippen molar-refractivity contribution in [3.05, 3.63) is 24.1 Å². The maximum atomic E-state index is 5.52. The van der Waals surface area contributed by atoms with E-state index in [1.54, 1.807) is 0 Å². The number of nitrogens with one attached hydrogen (secondary N) is 2. The predicted molar refractivity (Wildman–Crippen MR) is 72.5 cm³/mol. The Balaban J connectivity index is 1.76. The summed E-state index contributed by atoms with van der Waals surface area (Å²) in [6.45, 7) is 3.08. The number of hydrogen-bond acceptors (Lipinski definition) is 7. The molecule has 2 N–H and O–H groups in total. The van der Waals surface area contributed by atoms with Crippen LogP contribution < -0.4 is 20.1 Å². The molecule has 2 aromatic rings. The van der Waals surface area contributed by atoms with Crippen LogP contribution in [0.1, 0.15) is 18.9 Å². The Bertz CT molecular complexity index is 599. The Morgan fingerprint density at radius 2 is 1.95 bits per heavy atom. The van der Waals surface area contributed by atoms with E-state index >= 15 is 0 Å². The molecule has 0 saturated heterocycles. The molecule has 7 nitrogen and oxygen atoms in total. The quantitative estimate of drug-likeness (QED) is 0.882. The maximum Gasteiger partial charge on any atom is 0.320 e. The van der Waals surface area contributed by atoms with Gasteiger partial charge in [0.1, 0.15) is 13.2 Å². The average Bonchev–Trinajstić information content (AvgIpc) is 2.95. The van der Waals surface area contributed by atoms with Gasteiger partial charge in [0.25, 0.3) is 0 Å². The monoisotopic (exact) mass is 276 g/mol. The fourth-order valence-corrected chi connectivity index (χ4v) is 1.83. The summed E-state index contributed by atoms with van der Waals surface area (Å²) in [6, 6.07) is 5.93. The maximum absolute atomic E-state index is 5.52. The number of fused-ring (bicyclic) bond motifs is 1. The molecule has 7 heteroatoms. The number of aromatic nitrogens is 2. The third-order valence-electron chi connectivity index (χ3n) is 3.04. The van der Waals surface area contributed by atoms with Crippen molar-refractivity contribution in [2.24, 2.45) is 0 Å². The van der Waals surface area contributed by atoms with Crippen molar-refractivity contribution in [1.29, 1.82) is 0 Å². The molecule has 0 spiro atoms. The summed E-state index contributed by atoms with van der Waals surface area (Å²) in [6.07, 6.45) is 0. The van der Waals surface area contributed by atoms with Crippen LogP contribution in [0.25, 0.3) is 0 Å². The van der Waals surface area contributed by atoms with Crippen LogP contribution in [-0.4, -0.2) is 30.5 Å². The second-order valence-corrected chi connectivity index (χ2v) is 4.44. The highest BCUT2D eigenvalue weighted by molar-refractivity contribution is 5.59. The molecule has 1 aliphatic heterocycles. The van der Waals surface area contributed by atoms with Gasteiger partial charge in [0, 0.05) is 11.8 Å². The summed E-state index contributed by atoms with van der Waals surface area (Å²) < 4.78 is 16.5. The zero-order valence-corrected chi connectivity index (χ0v) is 11.3. The first kappa shape index (κ1) is 12.7. The molecule has 0 aliphatic carbocycles. The highest BCUT2D eigenvalue weighted by atomic mass is 16.6. The second-order valence-electron chi connectivity index (χ2n) is 4.44. The zero-order chi connectivity index (χ0) is 13.9. The smallest absolute Gasteiger partial charge is 0.320 e. The molecule has 1 atom stereocenters. The number of hydrogen-bond donors (Lipinski definition) is 2. The Morgan fingerprint density at radius 1 is 1.15 bits per heavy atom. The van der Waals surface area contributed by atoms with Crippen molar-refractivity contribution in [2.75, 3.05) is 25.6 Å². The Labute approximate surface area is 116 Å². The third-order valence-corrected chi connectivity index (χ3v) is 3.04. The fourth-order valence-electron chi connectivity index (χ4n) is 1.83. The van der Waals surface area contributed by atoms with Crippen molar-refractivity contribution in [3.63, 3.8) is 0 Å². The molecule has 0 amide bonds. The highest BCUT2D eigenvalue weighted by Gasteiger charge is 2.14. The van der Waals surface area contributed by atoms with E-state index in [2.05, 4.69) is 20.8 Å². The predicted octanol–water partition coefficient (Wildman–Crippen LogP) is 1.86. The highest BCUT2D eigenvalue weighted by Crippen LogP contribution is 2.33. The molecule has 0 radical (unpaired) electrons. The average molecular weight is 276 g/mol. The van der Waals surface area contributed by atoms with Gasteiger partial charge in [-0.3, -0.25) is 0 Å². The summed E-state index contributed by atoms with van der Waals surface area (Å²) in [5, 5.41) is 14.0. The topological polar surface area (TPSA) is 81.4 Å². The first-order chi connectivity index (χ1) is 9.76. The van der Waals surface area contributed by atoms with E-state index in [9.17, 15) is 0 Å². The number of benzene rings is 1. The normalized spacial score (nSPS) is 14.9. The Hall–Kier alpha value is -2.28. The summed E-state index contributed by atoms with van der Waals surface area (Å²) in [5.41, 5.74) is 0.807. The number of rotatable bonds is 4. The number of nitrogens with zero attached hydrogens (tertiary/aromatic N) is 2. The SMILES string of the molecule is CNC(C)c1nnc(Nc2ccc3c(c2)OCCO3)o1. The van der Waals surface area contributed by atoms with Crippen LogP contribution in [0.15, 0.2) is 22.6 Å². The van der Waals surface area contributed by atoms with Crippen LogP contribution >= 0.6 is 0 Å². The number of anilines is 2. The van der Waals surface area contributed by atoms with Gasteiger partial charge >= 0.3 is 6.01 Å². The molecule has 20 heavy (non-hydrogen) atoms. The van der Waals surface area contributed by atoms with Crippen LogP contribution in [0.2, 0.25) is 0 Å². The molecular weight excluding hydrogens is 260 g/mol. The second kappa shape index (κ2) is 5.38. The summed E-state index contributed by atoms with van der Waals surface area (Å²) >= 11 is 0. The van der Waals surface area contributed by atoms with Gasteiger partial charge in [0.05, 0.1) is 6.04 Å². The van der Waals surface area contributed by atoms with Crippen molar-refractivity contribution in [3.8, 4) is 11.5 Å². The van der Waals surface area contributed by atoms with Crippen LogP contribution in [0, 0.1) is 0 Å². The zero-order valence-electron chi connectivity index (χ0n) is 11.3. The first-order valence-corrected chi connectivity index (χ1v) is 6.43. The fraction of sp³-hybridized carbons (Fsp3) is 0.385. The molecule has 1 aromatic carbocycles. The lowest BCUT2D eigenvalue weighted by atomic mass is 10.2. The van der Waals surface area contributed by atoms with Crippen molar-refractivity contribution in [1.82, 2.24) is 15.5 Å². The molecule has 1 aromatic heterocycles. The lowest BCUT2D eigenvalue weighted by Crippen LogP contribution is -2.15. The minimum absolute atomic E-state index is 0.0123. The van der Waals surface area contributed by atoms with Crippen LogP contribution in [0.3, 0.4) is 0 Å². The van der Waals surface area contributed by atoms with Gasteiger partial charge < -0.3 is 24.5 Å². The summed E-state index contributed by atoms with van der Waals surface area (Å²) in [4.78, 5) is 0. The first-order valence-electron chi connectivity index (χ1n) is 6.43. The van der Waals surface area contributed by atoms with E-state index in [-0.39, 0.29) is 6.04 Å². The van der Waals surface area contributed by atoms with Crippen molar-refractivity contribution in [2.45, 2.75) is 13.0 Å². The van der Waals surface area contributed by atoms with Crippen LogP contribution in [0.5, 0.6) is 11.5 Å². The van der Waals surface area contributed by atoms with Gasteiger partial charge in [0.15, 0.2) is 11.5 Å². The van der Waals surface area contributed by atoms with E-state index in [0.717, 1.165) is 11.4 Å². The molecule has 0 bridgehead atoms. The molecule has 106 valence electrons. The third kappa shape index (κ3) is 2.53. The molecular formula is C13H16N4O3. The molecule has 0 fully saturated rings.